The lowest BCUT2D eigenvalue weighted by molar-refractivity contribution is 0.0533. The topological polar surface area (TPSA) is 59.1 Å². The Morgan fingerprint density at radius 2 is 1.80 bits per heavy atom. The van der Waals surface area contributed by atoms with Gasteiger partial charge < -0.3 is 9.47 Å². The molecule has 4 rings (SSSR count). The number of hydrogen-bond acceptors (Lipinski definition) is 5. The van der Waals surface area contributed by atoms with Crippen molar-refractivity contribution in [3.63, 3.8) is 0 Å². The number of benzene rings is 2. The van der Waals surface area contributed by atoms with Crippen molar-refractivity contribution in [1.29, 1.82) is 0 Å². The molecule has 0 saturated carbocycles. The molecule has 0 amide bonds. The summed E-state index contributed by atoms with van der Waals surface area (Å²) in [5, 5.41) is 0. The Kier molecular flexibility index (Phi) is 6.16. The highest BCUT2D eigenvalue weighted by Crippen LogP contribution is 2.38. The average molecular weight is 431 g/mol. The first-order valence-electron chi connectivity index (χ1n) is 10.5. The lowest BCUT2D eigenvalue weighted by Crippen LogP contribution is -2.49. The number of nitrogens with zero attached hydrogens (tertiary/aromatic N) is 2. The molecule has 1 atom stereocenters. The summed E-state index contributed by atoms with van der Waals surface area (Å²) in [4.78, 5) is 2.60. The summed E-state index contributed by atoms with van der Waals surface area (Å²) in [6.45, 7) is 5.55. The van der Waals surface area contributed by atoms with Gasteiger partial charge in [-0.05, 0) is 29.7 Å². The van der Waals surface area contributed by atoms with Crippen LogP contribution in [-0.4, -0.2) is 63.1 Å². The molecule has 0 bridgehead atoms. The zero-order chi connectivity index (χ0) is 21.2. The molecule has 0 unspecified atom stereocenters. The molecule has 1 fully saturated rings. The second-order valence-electron chi connectivity index (χ2n) is 8.19. The fourth-order valence-electron chi connectivity index (χ4n) is 4.36. The molecule has 30 heavy (non-hydrogen) atoms. The average Bonchev–Trinajstić information content (AvgIpc) is 3.10. The molecular weight excluding hydrogens is 400 g/mol. The highest BCUT2D eigenvalue weighted by molar-refractivity contribution is 7.89. The van der Waals surface area contributed by atoms with Crippen LogP contribution < -0.4 is 4.74 Å². The van der Waals surface area contributed by atoms with Crippen LogP contribution in [0.3, 0.4) is 0 Å². The zero-order valence-corrected chi connectivity index (χ0v) is 18.5. The number of ether oxygens (including phenoxy) is 2. The standard InChI is InChI=1S/C23H30N2O4S/c1-3-19-8-10-20(11-9-19)16-24-13-12-23(17-24)18-25(14-15-28-2)30(26,27)22-7-5-4-6-21(22)29-23/h4-11H,3,12-18H2,1-2H3/t23-/m1/s1. The lowest BCUT2D eigenvalue weighted by Gasteiger charge is -2.32. The summed E-state index contributed by atoms with van der Waals surface area (Å²) < 4.78 is 39.7. The minimum atomic E-state index is -3.63. The summed E-state index contributed by atoms with van der Waals surface area (Å²) in [7, 11) is -2.04. The summed E-state index contributed by atoms with van der Waals surface area (Å²) in [6.07, 6.45) is 1.82. The van der Waals surface area contributed by atoms with Gasteiger partial charge in [0.2, 0.25) is 10.0 Å². The van der Waals surface area contributed by atoms with Gasteiger partial charge in [-0.15, -0.1) is 0 Å². The fourth-order valence-corrected chi connectivity index (χ4v) is 5.98. The van der Waals surface area contributed by atoms with Crippen molar-refractivity contribution >= 4 is 10.0 Å². The third kappa shape index (κ3) is 4.25. The maximum atomic E-state index is 13.3. The summed E-state index contributed by atoms with van der Waals surface area (Å²) >= 11 is 0. The van der Waals surface area contributed by atoms with Crippen LogP contribution in [0.15, 0.2) is 53.4 Å². The Labute approximate surface area is 179 Å². The van der Waals surface area contributed by atoms with Gasteiger partial charge in [0.1, 0.15) is 16.2 Å². The molecule has 2 aliphatic heterocycles. The van der Waals surface area contributed by atoms with E-state index in [0.29, 0.717) is 32.0 Å². The lowest BCUT2D eigenvalue weighted by atomic mass is 10.0. The Bertz CT molecular complexity index is 977. The van der Waals surface area contributed by atoms with E-state index in [1.54, 1.807) is 25.3 Å². The quantitative estimate of drug-likeness (QED) is 0.705. The summed E-state index contributed by atoms with van der Waals surface area (Å²) in [5.74, 6) is 0.451. The SMILES string of the molecule is CCc1ccc(CN2CC[C@@]3(C2)CN(CCOC)S(=O)(=O)c2ccccc2O3)cc1. The summed E-state index contributed by atoms with van der Waals surface area (Å²) in [5.41, 5.74) is 2.04. The Balaban J connectivity index is 1.58. The minimum Gasteiger partial charge on any atom is -0.483 e. The number of hydrogen-bond donors (Lipinski definition) is 0. The number of rotatable bonds is 6. The molecule has 0 aromatic heterocycles. The zero-order valence-electron chi connectivity index (χ0n) is 17.7. The van der Waals surface area contributed by atoms with Crippen LogP contribution in [0.2, 0.25) is 0 Å². The van der Waals surface area contributed by atoms with Crippen molar-refractivity contribution in [2.24, 2.45) is 0 Å². The van der Waals surface area contributed by atoms with E-state index in [2.05, 4.69) is 36.1 Å². The van der Waals surface area contributed by atoms with Gasteiger partial charge in [-0.1, -0.05) is 43.3 Å². The van der Waals surface area contributed by atoms with E-state index < -0.39 is 15.6 Å². The maximum absolute atomic E-state index is 13.3. The van der Waals surface area contributed by atoms with E-state index in [1.165, 1.54) is 15.4 Å². The van der Waals surface area contributed by atoms with E-state index >= 15 is 0 Å². The predicted octanol–water partition coefficient (Wildman–Crippen LogP) is 2.92. The van der Waals surface area contributed by atoms with Crippen LogP contribution >= 0.6 is 0 Å². The molecule has 2 aliphatic rings. The number of para-hydroxylation sites is 1. The van der Waals surface area contributed by atoms with Gasteiger partial charge in [-0.3, -0.25) is 4.90 Å². The molecule has 0 radical (unpaired) electrons. The maximum Gasteiger partial charge on any atom is 0.246 e. The molecule has 6 nitrogen and oxygen atoms in total. The molecule has 0 aliphatic carbocycles. The first kappa shape index (κ1) is 21.3. The normalized spacial score (nSPS) is 23.8. The van der Waals surface area contributed by atoms with Gasteiger partial charge in [0.05, 0.1) is 13.2 Å². The first-order valence-corrected chi connectivity index (χ1v) is 12.0. The highest BCUT2D eigenvalue weighted by Gasteiger charge is 2.47. The van der Waals surface area contributed by atoms with Gasteiger partial charge in [-0.25, -0.2) is 8.42 Å². The predicted molar refractivity (Wildman–Crippen MR) is 116 cm³/mol. The van der Waals surface area contributed by atoms with Gasteiger partial charge in [0, 0.05) is 39.7 Å². The Morgan fingerprint density at radius 1 is 1.07 bits per heavy atom. The van der Waals surface area contributed by atoms with Gasteiger partial charge in [-0.2, -0.15) is 4.31 Å². The van der Waals surface area contributed by atoms with E-state index in [4.69, 9.17) is 9.47 Å². The number of sulfonamides is 1. The third-order valence-corrected chi connectivity index (χ3v) is 7.92. The van der Waals surface area contributed by atoms with E-state index in [0.717, 1.165) is 25.9 Å². The molecule has 2 heterocycles. The number of likely N-dealkylation sites (tertiary alicyclic amines) is 1. The van der Waals surface area contributed by atoms with Gasteiger partial charge in [0.25, 0.3) is 0 Å². The van der Waals surface area contributed by atoms with Crippen LogP contribution in [0, 0.1) is 0 Å². The highest BCUT2D eigenvalue weighted by atomic mass is 32.2. The van der Waals surface area contributed by atoms with Gasteiger partial charge in [0.15, 0.2) is 0 Å². The Morgan fingerprint density at radius 3 is 2.53 bits per heavy atom. The van der Waals surface area contributed by atoms with Crippen molar-refractivity contribution < 1.29 is 17.9 Å². The first-order chi connectivity index (χ1) is 14.5. The smallest absolute Gasteiger partial charge is 0.246 e. The van der Waals surface area contributed by atoms with Crippen molar-refractivity contribution in [3.05, 3.63) is 59.7 Å². The number of aryl methyl sites for hydroxylation is 1. The number of fused-ring (bicyclic) bond motifs is 1. The van der Waals surface area contributed by atoms with Crippen molar-refractivity contribution in [1.82, 2.24) is 9.21 Å². The second-order valence-corrected chi connectivity index (χ2v) is 10.1. The molecular formula is C23H30N2O4S. The summed E-state index contributed by atoms with van der Waals surface area (Å²) in [6, 6.07) is 15.7. The van der Waals surface area contributed by atoms with Gasteiger partial charge >= 0.3 is 0 Å². The van der Waals surface area contributed by atoms with Crippen molar-refractivity contribution in [2.45, 2.75) is 36.8 Å². The molecule has 0 N–H and O–H groups in total. The monoisotopic (exact) mass is 430 g/mol. The second kappa shape index (κ2) is 8.67. The molecule has 2 aromatic carbocycles. The van der Waals surface area contributed by atoms with E-state index in [9.17, 15) is 8.42 Å². The Hall–Kier alpha value is -1.93. The van der Waals surface area contributed by atoms with Crippen LogP contribution in [0.1, 0.15) is 24.5 Å². The van der Waals surface area contributed by atoms with E-state index in [-0.39, 0.29) is 4.90 Å². The largest absolute Gasteiger partial charge is 0.483 e. The minimum absolute atomic E-state index is 0.242. The van der Waals surface area contributed by atoms with Crippen molar-refractivity contribution in [2.75, 3.05) is 39.9 Å². The number of methoxy groups -OCH3 is 1. The third-order valence-electron chi connectivity index (χ3n) is 6.04. The van der Waals surface area contributed by atoms with Crippen LogP contribution in [0.5, 0.6) is 5.75 Å². The van der Waals surface area contributed by atoms with Crippen molar-refractivity contribution in [3.8, 4) is 5.75 Å². The molecule has 162 valence electrons. The molecule has 1 saturated heterocycles. The fraction of sp³-hybridized carbons (Fsp3) is 0.478. The molecule has 7 heteroatoms. The van der Waals surface area contributed by atoms with Crippen LogP contribution in [-0.2, 0) is 27.7 Å². The van der Waals surface area contributed by atoms with Crippen LogP contribution in [0.4, 0.5) is 0 Å². The molecule has 1 spiro atoms. The molecule has 2 aromatic rings. The van der Waals surface area contributed by atoms with E-state index in [1.807, 2.05) is 6.07 Å². The van der Waals surface area contributed by atoms with Crippen LogP contribution in [0.25, 0.3) is 0 Å².